The number of halogens is 1. The molecule has 2 heterocycles. The lowest BCUT2D eigenvalue weighted by molar-refractivity contribution is 0.203. The van der Waals surface area contributed by atoms with Gasteiger partial charge < -0.3 is 9.80 Å². The lowest BCUT2D eigenvalue weighted by Gasteiger charge is -2.34. The van der Waals surface area contributed by atoms with Gasteiger partial charge in [0.2, 0.25) is 0 Å². The van der Waals surface area contributed by atoms with Crippen molar-refractivity contribution >= 4 is 22.9 Å². The molecule has 1 fully saturated rings. The lowest BCUT2D eigenvalue weighted by Crippen LogP contribution is -2.34. The molecule has 0 spiro atoms. The molecule has 172 valence electrons. The zero-order chi connectivity index (χ0) is 23.3. The molecule has 0 bridgehead atoms. The van der Waals surface area contributed by atoms with Crippen molar-refractivity contribution in [1.29, 1.82) is 5.26 Å². The van der Waals surface area contributed by atoms with E-state index in [9.17, 15) is 0 Å². The van der Waals surface area contributed by atoms with Gasteiger partial charge >= 0.3 is 0 Å². The van der Waals surface area contributed by atoms with E-state index in [1.807, 2.05) is 44.5 Å². The maximum Gasteiger partial charge on any atom is 0.0703 e. The first kappa shape index (κ1) is 25.9. The third kappa shape index (κ3) is 7.36. The van der Waals surface area contributed by atoms with Crippen molar-refractivity contribution in [3.63, 3.8) is 0 Å². The fourth-order valence-corrected chi connectivity index (χ4v) is 4.28. The Morgan fingerprint density at radius 2 is 2.03 bits per heavy atom. The molecule has 1 atom stereocenters. The van der Waals surface area contributed by atoms with Gasteiger partial charge in [-0.3, -0.25) is 4.98 Å². The number of likely N-dealkylation sites (tertiary alicyclic amines) is 1. The summed E-state index contributed by atoms with van der Waals surface area (Å²) >= 11 is 6.21. The van der Waals surface area contributed by atoms with Crippen LogP contribution in [0.1, 0.15) is 51.5 Å². The van der Waals surface area contributed by atoms with Gasteiger partial charge in [-0.15, -0.1) is 11.6 Å². The molecular weight excluding hydrogens is 416 g/mol. The minimum Gasteiger partial charge on any atom is -0.343 e. The Morgan fingerprint density at radius 1 is 1.28 bits per heavy atom. The number of piperidine rings is 1. The number of nitrogens with zero attached hydrogens (tertiary/aromatic N) is 4. The van der Waals surface area contributed by atoms with Crippen molar-refractivity contribution in [3.05, 3.63) is 66.7 Å². The first-order valence-electron chi connectivity index (χ1n) is 11.8. The maximum atomic E-state index is 8.68. The van der Waals surface area contributed by atoms with E-state index < -0.39 is 0 Å². The summed E-state index contributed by atoms with van der Waals surface area (Å²) in [7, 11) is 2.07. The summed E-state index contributed by atoms with van der Waals surface area (Å²) in [6.45, 7) is 11.8. The van der Waals surface area contributed by atoms with Gasteiger partial charge in [-0.25, -0.2) is 0 Å². The van der Waals surface area contributed by atoms with Crippen molar-refractivity contribution in [1.82, 2.24) is 9.88 Å². The van der Waals surface area contributed by atoms with Gasteiger partial charge in [-0.2, -0.15) is 5.26 Å². The zero-order valence-electron chi connectivity index (χ0n) is 19.8. The van der Waals surface area contributed by atoms with Crippen molar-refractivity contribution in [3.8, 4) is 6.07 Å². The number of allylic oxidation sites excluding steroid dienone is 6. The summed E-state index contributed by atoms with van der Waals surface area (Å²) in [5, 5.41) is 8.60. The third-order valence-electron chi connectivity index (χ3n) is 6.00. The molecule has 4 nitrogen and oxygen atoms in total. The second-order valence-corrected chi connectivity index (χ2v) is 8.49. The average Bonchev–Trinajstić information content (AvgIpc) is 3.07. The molecule has 0 N–H and O–H groups in total. The molecule has 32 heavy (non-hydrogen) atoms. The van der Waals surface area contributed by atoms with Crippen LogP contribution in [0.2, 0.25) is 0 Å². The summed E-state index contributed by atoms with van der Waals surface area (Å²) in [6.07, 6.45) is 18.9. The minimum absolute atomic E-state index is 0.0828. The monoisotopic (exact) mass is 452 g/mol. The number of pyridine rings is 1. The maximum absolute atomic E-state index is 8.68. The molecule has 1 aromatic rings. The van der Waals surface area contributed by atoms with Gasteiger partial charge in [0.15, 0.2) is 0 Å². The van der Waals surface area contributed by atoms with E-state index in [1.165, 1.54) is 11.1 Å². The van der Waals surface area contributed by atoms with Gasteiger partial charge in [0.25, 0.3) is 0 Å². The summed E-state index contributed by atoms with van der Waals surface area (Å²) in [5.41, 5.74) is 4.51. The topological polar surface area (TPSA) is 43.2 Å². The first-order chi connectivity index (χ1) is 15.6. The van der Waals surface area contributed by atoms with Crippen LogP contribution >= 0.6 is 11.6 Å². The highest BCUT2D eigenvalue weighted by Gasteiger charge is 2.24. The van der Waals surface area contributed by atoms with Crippen molar-refractivity contribution in [2.75, 3.05) is 31.6 Å². The third-order valence-corrected chi connectivity index (χ3v) is 6.29. The van der Waals surface area contributed by atoms with Gasteiger partial charge in [0.1, 0.15) is 0 Å². The number of nitriles is 1. The standard InChI is InChI=1S/C25H31ClN4.C2H6/c1-20(21-12-17-30(18-13-21)16-5-3-4-14-27)24-11-15-28-19-25(24)29(2)23-8-6-7-22(26)9-10-23;1-2/h6-11,15,19,21-22H,1,3-5,12-13,16-18H2,2H3;1-2H3. The first-order valence-corrected chi connectivity index (χ1v) is 12.2. The molecule has 0 radical (unpaired) electrons. The van der Waals surface area contributed by atoms with Crippen LogP contribution in [0.15, 0.2) is 61.1 Å². The molecule has 3 rings (SSSR count). The molecule has 0 saturated carbocycles. The number of hydrogen-bond acceptors (Lipinski definition) is 4. The van der Waals surface area contributed by atoms with Crippen LogP contribution in [-0.4, -0.2) is 41.9 Å². The highest BCUT2D eigenvalue weighted by molar-refractivity contribution is 6.23. The summed E-state index contributed by atoms with van der Waals surface area (Å²) in [5.74, 6) is 0.487. The van der Waals surface area contributed by atoms with Crippen LogP contribution in [-0.2, 0) is 0 Å². The number of aromatic nitrogens is 1. The van der Waals surface area contributed by atoms with Gasteiger partial charge in [-0.1, -0.05) is 38.7 Å². The van der Waals surface area contributed by atoms with E-state index in [1.54, 1.807) is 0 Å². The van der Waals surface area contributed by atoms with Crippen LogP contribution in [0.25, 0.3) is 5.57 Å². The Morgan fingerprint density at radius 3 is 2.75 bits per heavy atom. The predicted octanol–water partition coefficient (Wildman–Crippen LogP) is 6.58. The van der Waals surface area contributed by atoms with Crippen molar-refractivity contribution in [2.24, 2.45) is 5.92 Å². The Bertz CT molecular complexity index is 857. The Balaban J connectivity index is 0.00000176. The molecule has 5 heteroatoms. The Kier molecular flexibility index (Phi) is 11.3. The van der Waals surface area contributed by atoms with Crippen molar-refractivity contribution < 1.29 is 0 Å². The summed E-state index contributed by atoms with van der Waals surface area (Å²) < 4.78 is 0. The van der Waals surface area contributed by atoms with Crippen LogP contribution < -0.4 is 4.90 Å². The van der Waals surface area contributed by atoms with Crippen LogP contribution in [0, 0.1) is 17.2 Å². The van der Waals surface area contributed by atoms with Gasteiger partial charge in [0, 0.05) is 30.9 Å². The van der Waals surface area contributed by atoms with Crippen LogP contribution in [0.5, 0.6) is 0 Å². The molecular formula is C27H37ClN4. The van der Waals surface area contributed by atoms with E-state index in [0.29, 0.717) is 12.3 Å². The molecule has 1 aliphatic carbocycles. The normalized spacial score (nSPS) is 18.7. The van der Waals surface area contributed by atoms with Crippen LogP contribution in [0.3, 0.4) is 0 Å². The number of likely N-dealkylation sites (N-methyl/N-ethyl adjacent to an activating group) is 1. The number of hydrogen-bond donors (Lipinski definition) is 0. The largest absolute Gasteiger partial charge is 0.343 e. The van der Waals surface area contributed by atoms with E-state index in [4.69, 9.17) is 16.9 Å². The Labute approximate surface area is 199 Å². The number of unbranched alkanes of at least 4 members (excludes halogenated alkanes) is 2. The number of alkyl halides is 1. The minimum atomic E-state index is -0.0828. The number of rotatable bonds is 8. The van der Waals surface area contributed by atoms with E-state index in [0.717, 1.165) is 56.7 Å². The molecule has 0 amide bonds. The SMILES string of the molecule is C=C(c1ccncc1N(C)C1=CC=CC(Cl)C=C1)C1CCN(CCCCC#N)CC1.CC. The smallest absolute Gasteiger partial charge is 0.0703 e. The fraction of sp³-hybridized carbons (Fsp3) is 0.481. The summed E-state index contributed by atoms with van der Waals surface area (Å²) in [4.78, 5) is 9.06. The van der Waals surface area contributed by atoms with E-state index in [2.05, 4.69) is 52.7 Å². The fourth-order valence-electron chi connectivity index (χ4n) is 4.12. The zero-order valence-corrected chi connectivity index (χ0v) is 20.6. The van der Waals surface area contributed by atoms with Gasteiger partial charge in [-0.05, 0) is 75.0 Å². The van der Waals surface area contributed by atoms with Crippen LogP contribution in [0.4, 0.5) is 5.69 Å². The molecule has 1 aromatic heterocycles. The molecule has 2 aliphatic rings. The second-order valence-electron chi connectivity index (χ2n) is 7.99. The molecule has 1 unspecified atom stereocenters. The average molecular weight is 453 g/mol. The lowest BCUT2D eigenvalue weighted by atomic mass is 9.85. The molecule has 1 saturated heterocycles. The highest BCUT2D eigenvalue weighted by atomic mass is 35.5. The van der Waals surface area contributed by atoms with Gasteiger partial charge in [0.05, 0.1) is 23.3 Å². The molecule has 0 aromatic carbocycles. The van der Waals surface area contributed by atoms with E-state index in [-0.39, 0.29) is 5.38 Å². The highest BCUT2D eigenvalue weighted by Crippen LogP contribution is 2.36. The Hall–Kier alpha value is -2.35. The summed E-state index contributed by atoms with van der Waals surface area (Å²) in [6, 6.07) is 4.32. The second kappa shape index (κ2) is 13.9. The van der Waals surface area contributed by atoms with Crippen molar-refractivity contribution in [2.45, 2.75) is 51.3 Å². The molecule has 1 aliphatic heterocycles. The van der Waals surface area contributed by atoms with E-state index >= 15 is 0 Å². The quantitative estimate of drug-likeness (QED) is 0.330. The number of anilines is 1. The predicted molar refractivity (Wildman–Crippen MR) is 138 cm³/mol.